The number of furan rings is 1. The molecule has 1 aliphatic rings. The summed E-state index contributed by atoms with van der Waals surface area (Å²) >= 11 is 6.00. The molecule has 0 saturated carbocycles. The van der Waals surface area contributed by atoms with Crippen molar-refractivity contribution in [1.29, 1.82) is 0 Å². The number of carbonyl (C=O) groups excluding carboxylic acids is 1. The largest absolute Gasteiger partial charge is 0.463 e. The Bertz CT molecular complexity index is 1200. The van der Waals surface area contributed by atoms with Crippen molar-refractivity contribution >= 4 is 17.5 Å². The van der Waals surface area contributed by atoms with Crippen molar-refractivity contribution in [3.8, 4) is 28.6 Å². The molecular weight excluding hydrogens is 406 g/mol. The molecule has 1 amide bonds. The number of aromatic nitrogens is 2. The van der Waals surface area contributed by atoms with Crippen LogP contribution < -0.4 is 14.8 Å². The second-order valence-electron chi connectivity index (χ2n) is 6.65. The van der Waals surface area contributed by atoms with Crippen LogP contribution in [0.25, 0.3) is 17.1 Å². The van der Waals surface area contributed by atoms with E-state index in [4.69, 9.17) is 25.5 Å². The summed E-state index contributed by atoms with van der Waals surface area (Å²) in [5.41, 5.74) is 2.55. The van der Waals surface area contributed by atoms with Crippen LogP contribution in [0.15, 0.2) is 71.3 Å². The number of fused-ring (bicyclic) bond motifs is 1. The van der Waals surface area contributed by atoms with Crippen LogP contribution in [-0.4, -0.2) is 22.5 Å². The highest BCUT2D eigenvalue weighted by Gasteiger charge is 2.19. The first-order valence-corrected chi connectivity index (χ1v) is 9.62. The zero-order chi connectivity index (χ0) is 20.5. The van der Waals surface area contributed by atoms with Gasteiger partial charge in [0, 0.05) is 17.6 Å². The fraction of sp³-hybridized carbons (Fsp3) is 0.0909. The predicted octanol–water partition coefficient (Wildman–Crippen LogP) is 4.44. The number of ether oxygens (including phenoxy) is 2. The summed E-state index contributed by atoms with van der Waals surface area (Å²) in [7, 11) is 0. The van der Waals surface area contributed by atoms with E-state index in [1.54, 1.807) is 53.4 Å². The van der Waals surface area contributed by atoms with Gasteiger partial charge >= 0.3 is 0 Å². The second-order valence-corrected chi connectivity index (χ2v) is 7.09. The molecule has 4 aromatic rings. The molecule has 3 heterocycles. The Morgan fingerprint density at radius 2 is 1.90 bits per heavy atom. The summed E-state index contributed by atoms with van der Waals surface area (Å²) in [6.45, 7) is 0.540. The lowest BCUT2D eigenvalue weighted by Gasteiger charge is -2.09. The molecule has 2 aromatic heterocycles. The topological polar surface area (TPSA) is 78.5 Å². The number of rotatable bonds is 5. The van der Waals surface area contributed by atoms with Gasteiger partial charge in [-0.3, -0.25) is 4.79 Å². The minimum Gasteiger partial charge on any atom is -0.463 e. The maximum Gasteiger partial charge on any atom is 0.270 e. The molecule has 0 saturated heterocycles. The van der Waals surface area contributed by atoms with Gasteiger partial charge in [-0.05, 0) is 54.1 Å². The lowest BCUT2D eigenvalue weighted by atomic mass is 10.2. The number of amides is 1. The molecule has 0 unspecified atom stereocenters. The molecule has 0 fully saturated rings. The molecule has 0 aliphatic carbocycles. The Morgan fingerprint density at radius 1 is 1.07 bits per heavy atom. The van der Waals surface area contributed by atoms with Gasteiger partial charge in [0.25, 0.3) is 5.91 Å². The van der Waals surface area contributed by atoms with E-state index in [9.17, 15) is 4.79 Å². The first kappa shape index (κ1) is 18.3. The highest BCUT2D eigenvalue weighted by atomic mass is 35.5. The molecule has 8 heteroatoms. The van der Waals surface area contributed by atoms with Crippen molar-refractivity contribution in [1.82, 2.24) is 15.1 Å². The van der Waals surface area contributed by atoms with Crippen molar-refractivity contribution in [2.24, 2.45) is 0 Å². The molecule has 150 valence electrons. The molecule has 30 heavy (non-hydrogen) atoms. The Balaban J connectivity index is 1.43. The summed E-state index contributed by atoms with van der Waals surface area (Å²) in [6.07, 6.45) is 1.57. The van der Waals surface area contributed by atoms with Crippen LogP contribution in [0.1, 0.15) is 16.1 Å². The third-order valence-electron chi connectivity index (χ3n) is 4.68. The van der Waals surface area contributed by atoms with Gasteiger partial charge in [-0.1, -0.05) is 17.7 Å². The molecule has 0 spiro atoms. The highest BCUT2D eigenvalue weighted by Crippen LogP contribution is 2.32. The minimum absolute atomic E-state index is 0.209. The Morgan fingerprint density at radius 3 is 2.70 bits per heavy atom. The van der Waals surface area contributed by atoms with E-state index >= 15 is 0 Å². The van der Waals surface area contributed by atoms with Gasteiger partial charge in [0.2, 0.25) is 6.79 Å². The number of nitrogens with one attached hydrogen (secondary N) is 1. The average Bonchev–Trinajstić information content (AvgIpc) is 3.52. The van der Waals surface area contributed by atoms with Crippen LogP contribution in [-0.2, 0) is 6.54 Å². The maximum absolute atomic E-state index is 13.0. The zero-order valence-electron chi connectivity index (χ0n) is 15.7. The molecule has 1 aliphatic heterocycles. The number of carbonyl (C=O) groups is 1. The van der Waals surface area contributed by atoms with Gasteiger partial charge in [-0.15, -0.1) is 0 Å². The van der Waals surface area contributed by atoms with E-state index in [2.05, 4.69) is 10.4 Å². The molecule has 0 bridgehead atoms. The number of halogens is 1. The van der Waals surface area contributed by atoms with Gasteiger partial charge in [-0.25, -0.2) is 4.68 Å². The zero-order valence-corrected chi connectivity index (χ0v) is 16.4. The number of benzene rings is 2. The summed E-state index contributed by atoms with van der Waals surface area (Å²) in [5.74, 6) is 1.68. The normalized spacial score (nSPS) is 12.2. The van der Waals surface area contributed by atoms with Crippen LogP contribution in [0.4, 0.5) is 0 Å². The Kier molecular flexibility index (Phi) is 4.65. The lowest BCUT2D eigenvalue weighted by Crippen LogP contribution is -2.25. The third kappa shape index (κ3) is 3.51. The third-order valence-corrected chi connectivity index (χ3v) is 4.93. The van der Waals surface area contributed by atoms with E-state index in [0.29, 0.717) is 45.9 Å². The molecule has 1 N–H and O–H groups in total. The van der Waals surface area contributed by atoms with Crippen molar-refractivity contribution in [3.63, 3.8) is 0 Å². The molecule has 0 atom stereocenters. The molecule has 0 radical (unpaired) electrons. The summed E-state index contributed by atoms with van der Waals surface area (Å²) < 4.78 is 17.7. The number of nitrogens with zero attached hydrogens (tertiary/aromatic N) is 2. The van der Waals surface area contributed by atoms with E-state index in [0.717, 1.165) is 5.56 Å². The van der Waals surface area contributed by atoms with Crippen molar-refractivity contribution < 1.29 is 18.7 Å². The van der Waals surface area contributed by atoms with Crippen molar-refractivity contribution in [2.45, 2.75) is 6.54 Å². The maximum atomic E-state index is 13.0. The van der Waals surface area contributed by atoms with Crippen LogP contribution >= 0.6 is 11.6 Å². The first-order chi connectivity index (χ1) is 14.7. The van der Waals surface area contributed by atoms with E-state index in [-0.39, 0.29) is 12.7 Å². The lowest BCUT2D eigenvalue weighted by molar-refractivity contribution is 0.0943. The monoisotopic (exact) mass is 421 g/mol. The van der Waals surface area contributed by atoms with Gasteiger partial charge in [0.1, 0.15) is 11.4 Å². The highest BCUT2D eigenvalue weighted by molar-refractivity contribution is 6.30. The first-order valence-electron chi connectivity index (χ1n) is 9.24. The fourth-order valence-electron chi connectivity index (χ4n) is 3.19. The SMILES string of the molecule is O=C(NCc1ccc2c(c1)OCO2)c1cc(-c2ccco2)nn1-c1ccc(Cl)cc1. The molecule has 7 nitrogen and oxygen atoms in total. The summed E-state index contributed by atoms with van der Waals surface area (Å²) in [5, 5.41) is 8.09. The van der Waals surface area contributed by atoms with Crippen LogP contribution in [0.5, 0.6) is 11.5 Å². The quantitative estimate of drug-likeness (QED) is 0.515. The smallest absolute Gasteiger partial charge is 0.270 e. The molecule has 2 aromatic carbocycles. The Labute approximate surface area is 176 Å². The Hall–Kier alpha value is -3.71. The standard InChI is InChI=1S/C22H16ClN3O4/c23-15-4-6-16(7-5-15)26-18(11-17(25-26)19-2-1-9-28-19)22(27)24-12-14-3-8-20-21(10-14)30-13-29-20/h1-11H,12-13H2,(H,24,27). The van der Waals surface area contributed by atoms with Gasteiger partial charge in [-0.2, -0.15) is 5.10 Å². The summed E-state index contributed by atoms with van der Waals surface area (Å²) in [4.78, 5) is 13.0. The van der Waals surface area contributed by atoms with Crippen LogP contribution in [0, 0.1) is 0 Å². The van der Waals surface area contributed by atoms with Crippen molar-refractivity contribution in [2.75, 3.05) is 6.79 Å². The van der Waals surface area contributed by atoms with E-state index in [1.807, 2.05) is 18.2 Å². The van der Waals surface area contributed by atoms with Crippen LogP contribution in [0.2, 0.25) is 5.02 Å². The fourth-order valence-corrected chi connectivity index (χ4v) is 3.32. The van der Waals surface area contributed by atoms with Gasteiger partial charge in [0.05, 0.1) is 12.0 Å². The molecular formula is C22H16ClN3O4. The minimum atomic E-state index is -0.270. The van der Waals surface area contributed by atoms with Crippen molar-refractivity contribution in [3.05, 3.63) is 83.2 Å². The second kappa shape index (κ2) is 7.61. The predicted molar refractivity (Wildman–Crippen MR) is 110 cm³/mol. The van der Waals surface area contributed by atoms with E-state index < -0.39 is 0 Å². The van der Waals surface area contributed by atoms with E-state index in [1.165, 1.54) is 0 Å². The molecule has 5 rings (SSSR count). The average molecular weight is 422 g/mol. The van der Waals surface area contributed by atoms with Gasteiger partial charge in [0.15, 0.2) is 17.3 Å². The van der Waals surface area contributed by atoms with Crippen LogP contribution in [0.3, 0.4) is 0 Å². The number of hydrogen-bond acceptors (Lipinski definition) is 5. The number of hydrogen-bond donors (Lipinski definition) is 1. The van der Waals surface area contributed by atoms with Gasteiger partial charge < -0.3 is 19.2 Å². The summed E-state index contributed by atoms with van der Waals surface area (Å²) in [6, 6.07) is 17.9.